The van der Waals surface area contributed by atoms with Gasteiger partial charge in [0.2, 0.25) is 11.8 Å². The summed E-state index contributed by atoms with van der Waals surface area (Å²) in [5.41, 5.74) is 1.30. The third-order valence-electron chi connectivity index (χ3n) is 6.20. The lowest BCUT2D eigenvalue weighted by molar-refractivity contribution is -0.139. The van der Waals surface area contributed by atoms with Crippen molar-refractivity contribution in [2.45, 2.75) is 64.7 Å². The van der Waals surface area contributed by atoms with Crippen LogP contribution in [-0.2, 0) is 19.7 Å². The molecule has 1 N–H and O–H groups in total. The molecule has 34 heavy (non-hydrogen) atoms. The first kappa shape index (κ1) is 26.2. The minimum atomic E-state index is -0.254. The van der Waals surface area contributed by atoms with Crippen molar-refractivity contribution in [1.82, 2.24) is 14.7 Å². The highest BCUT2D eigenvalue weighted by atomic mass is 35.5. The molecule has 186 valence electrons. The molecule has 0 bridgehead atoms. The first-order valence-corrected chi connectivity index (χ1v) is 12.5. The molecular weight excluding hydrogens is 452 g/mol. The number of methoxy groups -OCH3 is 1. The third-order valence-corrected chi connectivity index (χ3v) is 6.52. The molecule has 1 heterocycles. The summed E-state index contributed by atoms with van der Waals surface area (Å²) in [6.07, 6.45) is 5.80. The van der Waals surface area contributed by atoms with Crippen LogP contribution in [0.25, 0.3) is 5.69 Å². The zero-order valence-corrected chi connectivity index (χ0v) is 21.5. The molecule has 7 nitrogen and oxygen atoms in total. The summed E-state index contributed by atoms with van der Waals surface area (Å²) in [4.78, 5) is 28.1. The molecule has 2 amide bonds. The number of amides is 2. The number of ether oxygens (including phenoxy) is 1. The molecule has 0 atom stereocenters. The second kappa shape index (κ2) is 11.8. The summed E-state index contributed by atoms with van der Waals surface area (Å²) in [7, 11) is 1.64. The average molecular weight is 489 g/mol. The number of carbonyl (C=O) groups is 2. The number of nitrogens with one attached hydrogen (secondary N) is 1. The molecule has 1 aliphatic rings. The lowest BCUT2D eigenvalue weighted by Gasteiger charge is -2.29. The smallest absolute Gasteiger partial charge is 0.245 e. The van der Waals surface area contributed by atoms with E-state index in [0.29, 0.717) is 36.1 Å². The van der Waals surface area contributed by atoms with Gasteiger partial charge in [0.25, 0.3) is 0 Å². The highest BCUT2D eigenvalue weighted by Gasteiger charge is 2.28. The monoisotopic (exact) mass is 488 g/mol. The summed E-state index contributed by atoms with van der Waals surface area (Å²) in [6, 6.07) is 9.26. The molecule has 0 unspecified atom stereocenters. The molecule has 1 aromatic carbocycles. The predicted molar refractivity (Wildman–Crippen MR) is 136 cm³/mol. The van der Waals surface area contributed by atoms with Crippen LogP contribution in [0.15, 0.2) is 30.3 Å². The highest BCUT2D eigenvalue weighted by molar-refractivity contribution is 6.32. The van der Waals surface area contributed by atoms with Crippen molar-refractivity contribution < 1.29 is 14.3 Å². The number of rotatable bonds is 9. The summed E-state index contributed by atoms with van der Waals surface area (Å²) in [5.74, 6) is 0.353. The molecule has 2 aromatic rings. The van der Waals surface area contributed by atoms with E-state index in [9.17, 15) is 9.59 Å². The predicted octanol–water partition coefficient (Wildman–Crippen LogP) is 5.21. The number of nitrogens with zero attached hydrogens (tertiary/aromatic N) is 3. The molecule has 0 radical (unpaired) electrons. The molecule has 0 aliphatic heterocycles. The van der Waals surface area contributed by atoms with E-state index >= 15 is 0 Å². The van der Waals surface area contributed by atoms with Crippen molar-refractivity contribution in [2.24, 2.45) is 5.92 Å². The van der Waals surface area contributed by atoms with Crippen LogP contribution in [0.2, 0.25) is 5.02 Å². The van der Waals surface area contributed by atoms with Crippen LogP contribution < -0.4 is 5.32 Å². The van der Waals surface area contributed by atoms with Gasteiger partial charge in [0.1, 0.15) is 5.82 Å². The SMILES string of the molecule is COCCCN(CC(=O)Nc1cc(C(C)(C)C)nn1-c1ccccc1Cl)C(=O)C1CCCCC1. The van der Waals surface area contributed by atoms with Gasteiger partial charge in [-0.05, 0) is 31.4 Å². The molecule has 1 aromatic heterocycles. The number of aromatic nitrogens is 2. The zero-order chi connectivity index (χ0) is 24.7. The lowest BCUT2D eigenvalue weighted by atomic mass is 9.88. The summed E-state index contributed by atoms with van der Waals surface area (Å²) in [5, 5.41) is 8.26. The summed E-state index contributed by atoms with van der Waals surface area (Å²) >= 11 is 6.44. The van der Waals surface area contributed by atoms with E-state index in [4.69, 9.17) is 21.4 Å². The van der Waals surface area contributed by atoms with Crippen LogP contribution in [-0.4, -0.2) is 53.3 Å². The second-order valence-corrected chi connectivity index (χ2v) is 10.4. The van der Waals surface area contributed by atoms with E-state index < -0.39 is 0 Å². The normalized spacial score (nSPS) is 14.7. The summed E-state index contributed by atoms with van der Waals surface area (Å²) < 4.78 is 6.83. The van der Waals surface area contributed by atoms with E-state index in [2.05, 4.69) is 26.1 Å². The maximum Gasteiger partial charge on any atom is 0.245 e. The van der Waals surface area contributed by atoms with Crippen molar-refractivity contribution in [3.63, 3.8) is 0 Å². The average Bonchev–Trinajstić information content (AvgIpc) is 3.23. The first-order valence-electron chi connectivity index (χ1n) is 12.1. The van der Waals surface area contributed by atoms with Crippen molar-refractivity contribution in [2.75, 3.05) is 32.1 Å². The largest absolute Gasteiger partial charge is 0.385 e. The van der Waals surface area contributed by atoms with Gasteiger partial charge < -0.3 is 15.0 Å². The second-order valence-electron chi connectivity index (χ2n) is 10.0. The molecule has 0 spiro atoms. The lowest BCUT2D eigenvalue weighted by Crippen LogP contribution is -2.42. The zero-order valence-electron chi connectivity index (χ0n) is 20.8. The number of anilines is 1. The van der Waals surface area contributed by atoms with Crippen LogP contribution in [0.3, 0.4) is 0 Å². The molecule has 3 rings (SSSR count). The maximum absolute atomic E-state index is 13.2. The van der Waals surface area contributed by atoms with Gasteiger partial charge in [-0.25, -0.2) is 4.68 Å². The Morgan fingerprint density at radius 2 is 1.91 bits per heavy atom. The van der Waals surface area contributed by atoms with Gasteiger partial charge in [0.05, 0.1) is 22.9 Å². The Kier molecular flexibility index (Phi) is 9.14. The van der Waals surface area contributed by atoms with E-state index in [-0.39, 0.29) is 29.7 Å². The fraction of sp³-hybridized carbons (Fsp3) is 0.577. The minimum absolute atomic E-state index is 0.00238. The van der Waals surface area contributed by atoms with Crippen LogP contribution >= 0.6 is 11.6 Å². The number of benzene rings is 1. The van der Waals surface area contributed by atoms with Crippen molar-refractivity contribution in [1.29, 1.82) is 0 Å². The van der Waals surface area contributed by atoms with Gasteiger partial charge in [0, 0.05) is 37.7 Å². The van der Waals surface area contributed by atoms with Gasteiger partial charge in [-0.1, -0.05) is 63.8 Å². The maximum atomic E-state index is 13.2. The summed E-state index contributed by atoms with van der Waals surface area (Å²) in [6.45, 7) is 7.24. The van der Waals surface area contributed by atoms with Gasteiger partial charge in [-0.3, -0.25) is 9.59 Å². The Morgan fingerprint density at radius 1 is 1.21 bits per heavy atom. The number of hydrogen-bond donors (Lipinski definition) is 1. The standard InChI is InChI=1S/C26H37ClN4O3/c1-26(2,3)22-17-23(31(29-22)21-14-9-8-13-20(21)27)28-24(32)18-30(15-10-16-34-4)25(33)19-11-6-5-7-12-19/h8-9,13-14,17,19H,5-7,10-12,15-16,18H2,1-4H3,(H,28,32). The van der Waals surface area contributed by atoms with E-state index in [0.717, 1.165) is 31.4 Å². The van der Waals surface area contributed by atoms with Gasteiger partial charge >= 0.3 is 0 Å². The van der Waals surface area contributed by atoms with Crippen molar-refractivity contribution in [3.8, 4) is 5.69 Å². The molecule has 8 heteroatoms. The molecule has 1 saturated carbocycles. The third kappa shape index (κ3) is 6.83. The van der Waals surface area contributed by atoms with Gasteiger partial charge in [-0.15, -0.1) is 0 Å². The van der Waals surface area contributed by atoms with Crippen LogP contribution in [0.4, 0.5) is 5.82 Å². The Bertz CT molecular complexity index is 977. The fourth-order valence-electron chi connectivity index (χ4n) is 4.27. The van der Waals surface area contributed by atoms with Crippen LogP contribution in [0.5, 0.6) is 0 Å². The van der Waals surface area contributed by atoms with E-state index in [1.807, 2.05) is 24.3 Å². The highest BCUT2D eigenvalue weighted by Crippen LogP contribution is 2.29. The first-order chi connectivity index (χ1) is 16.2. The fourth-order valence-corrected chi connectivity index (χ4v) is 4.49. The number of para-hydroxylation sites is 1. The van der Waals surface area contributed by atoms with E-state index in [1.54, 1.807) is 22.8 Å². The molecule has 1 aliphatic carbocycles. The van der Waals surface area contributed by atoms with Crippen LogP contribution in [0, 0.1) is 5.92 Å². The Balaban J connectivity index is 1.81. The number of halogens is 1. The van der Waals surface area contributed by atoms with Crippen LogP contribution in [0.1, 0.15) is 65.0 Å². The number of hydrogen-bond acceptors (Lipinski definition) is 4. The Morgan fingerprint density at radius 3 is 2.56 bits per heavy atom. The van der Waals surface area contributed by atoms with Crippen molar-refractivity contribution >= 4 is 29.2 Å². The minimum Gasteiger partial charge on any atom is -0.385 e. The van der Waals surface area contributed by atoms with Crippen molar-refractivity contribution in [3.05, 3.63) is 41.0 Å². The van der Waals surface area contributed by atoms with Gasteiger partial charge in [0.15, 0.2) is 0 Å². The topological polar surface area (TPSA) is 76.5 Å². The number of carbonyl (C=O) groups excluding carboxylic acids is 2. The molecule has 1 fully saturated rings. The molecular formula is C26H37ClN4O3. The Labute approximate surface area is 207 Å². The van der Waals surface area contributed by atoms with Gasteiger partial charge in [-0.2, -0.15) is 5.10 Å². The molecule has 0 saturated heterocycles. The quantitative estimate of drug-likeness (QED) is 0.492. The van der Waals surface area contributed by atoms with E-state index in [1.165, 1.54) is 6.42 Å². The Hall–Kier alpha value is -2.38.